The fraction of sp³-hybridized carbons (Fsp3) is 0.909. The van der Waals surface area contributed by atoms with Gasteiger partial charge in [-0.15, -0.1) is 0 Å². The van der Waals surface area contributed by atoms with Gasteiger partial charge in [0.25, 0.3) is 0 Å². The summed E-state index contributed by atoms with van der Waals surface area (Å²) < 4.78 is 0. The van der Waals surface area contributed by atoms with Gasteiger partial charge in [0.1, 0.15) is 0 Å². The summed E-state index contributed by atoms with van der Waals surface area (Å²) in [6.07, 6.45) is 3.58. The fourth-order valence-corrected chi connectivity index (χ4v) is 2.30. The summed E-state index contributed by atoms with van der Waals surface area (Å²) in [5.74, 6) is 0.277. The van der Waals surface area contributed by atoms with Gasteiger partial charge in [0, 0.05) is 6.04 Å². The SMILES string of the molecule is CC(C)C(N)C1CCC(C(=O)O)CC1. The highest BCUT2D eigenvalue weighted by atomic mass is 16.4. The first kappa shape index (κ1) is 11.5. The predicted octanol–water partition coefficient (Wildman–Crippen LogP) is 1.86. The van der Waals surface area contributed by atoms with E-state index in [0.29, 0.717) is 11.8 Å². The van der Waals surface area contributed by atoms with Gasteiger partial charge in [-0.2, -0.15) is 0 Å². The molecule has 3 N–H and O–H groups in total. The Labute approximate surface area is 85.7 Å². The van der Waals surface area contributed by atoms with Crippen molar-refractivity contribution in [1.29, 1.82) is 0 Å². The van der Waals surface area contributed by atoms with E-state index in [2.05, 4.69) is 13.8 Å². The highest BCUT2D eigenvalue weighted by Crippen LogP contribution is 2.32. The Bertz CT molecular complexity index is 195. The quantitative estimate of drug-likeness (QED) is 0.729. The van der Waals surface area contributed by atoms with Gasteiger partial charge in [-0.3, -0.25) is 4.79 Å². The van der Waals surface area contributed by atoms with Crippen molar-refractivity contribution in [2.75, 3.05) is 0 Å². The first-order valence-electron chi connectivity index (χ1n) is 5.50. The van der Waals surface area contributed by atoms with Crippen molar-refractivity contribution in [2.24, 2.45) is 23.5 Å². The van der Waals surface area contributed by atoms with Gasteiger partial charge in [0.15, 0.2) is 0 Å². The summed E-state index contributed by atoms with van der Waals surface area (Å²) in [4.78, 5) is 10.7. The molecule has 0 spiro atoms. The Balaban J connectivity index is 2.39. The lowest BCUT2D eigenvalue weighted by Crippen LogP contribution is -2.38. The van der Waals surface area contributed by atoms with Crippen LogP contribution in [0.3, 0.4) is 0 Å². The average Bonchev–Trinajstić information content (AvgIpc) is 2.16. The maximum absolute atomic E-state index is 10.7. The molecule has 1 saturated carbocycles. The first-order valence-corrected chi connectivity index (χ1v) is 5.50. The number of rotatable bonds is 3. The molecule has 3 heteroatoms. The van der Waals surface area contributed by atoms with E-state index in [9.17, 15) is 4.79 Å². The third-order valence-electron chi connectivity index (χ3n) is 3.44. The summed E-state index contributed by atoms with van der Waals surface area (Å²) >= 11 is 0. The van der Waals surface area contributed by atoms with Crippen LogP contribution in [0.5, 0.6) is 0 Å². The largest absolute Gasteiger partial charge is 0.481 e. The average molecular weight is 199 g/mol. The molecule has 0 radical (unpaired) electrons. The molecular formula is C11H21NO2. The minimum Gasteiger partial charge on any atom is -0.481 e. The number of aliphatic carboxylic acids is 1. The normalized spacial score (nSPS) is 30.3. The zero-order valence-corrected chi connectivity index (χ0v) is 9.07. The van der Waals surface area contributed by atoms with Gasteiger partial charge < -0.3 is 10.8 Å². The highest BCUT2D eigenvalue weighted by Gasteiger charge is 2.29. The topological polar surface area (TPSA) is 63.3 Å². The number of hydrogen-bond donors (Lipinski definition) is 2. The highest BCUT2D eigenvalue weighted by molar-refractivity contribution is 5.69. The minimum absolute atomic E-state index is 0.120. The zero-order valence-electron chi connectivity index (χ0n) is 9.07. The van der Waals surface area contributed by atoms with E-state index in [-0.39, 0.29) is 12.0 Å². The lowest BCUT2D eigenvalue weighted by atomic mass is 9.76. The van der Waals surface area contributed by atoms with E-state index in [1.54, 1.807) is 0 Å². The van der Waals surface area contributed by atoms with Crippen molar-refractivity contribution in [3.8, 4) is 0 Å². The minimum atomic E-state index is -0.637. The second kappa shape index (κ2) is 4.78. The molecule has 1 rings (SSSR count). The van der Waals surface area contributed by atoms with Crippen molar-refractivity contribution >= 4 is 5.97 Å². The maximum atomic E-state index is 10.7. The predicted molar refractivity (Wildman–Crippen MR) is 55.9 cm³/mol. The Morgan fingerprint density at radius 1 is 1.29 bits per heavy atom. The number of carboxylic acid groups (broad SMARTS) is 1. The van der Waals surface area contributed by atoms with E-state index >= 15 is 0 Å². The molecule has 0 saturated heterocycles. The number of carboxylic acids is 1. The summed E-state index contributed by atoms with van der Waals surface area (Å²) in [6, 6.07) is 0.241. The molecule has 0 aromatic carbocycles. The molecule has 0 aromatic rings. The summed E-state index contributed by atoms with van der Waals surface area (Å²) in [6.45, 7) is 4.27. The summed E-state index contributed by atoms with van der Waals surface area (Å²) in [5, 5.41) is 8.84. The zero-order chi connectivity index (χ0) is 10.7. The van der Waals surface area contributed by atoms with E-state index in [1.165, 1.54) is 0 Å². The summed E-state index contributed by atoms with van der Waals surface area (Å²) in [5.41, 5.74) is 6.07. The van der Waals surface area contributed by atoms with Crippen LogP contribution in [0.2, 0.25) is 0 Å². The first-order chi connectivity index (χ1) is 6.52. The van der Waals surface area contributed by atoms with Crippen LogP contribution in [0.4, 0.5) is 0 Å². The van der Waals surface area contributed by atoms with Crippen molar-refractivity contribution in [2.45, 2.75) is 45.6 Å². The molecule has 1 fully saturated rings. The van der Waals surface area contributed by atoms with Gasteiger partial charge in [-0.25, -0.2) is 0 Å². The van der Waals surface area contributed by atoms with Gasteiger partial charge in [-0.05, 0) is 37.5 Å². The van der Waals surface area contributed by atoms with Crippen LogP contribution in [0, 0.1) is 17.8 Å². The monoisotopic (exact) mass is 199 g/mol. The van der Waals surface area contributed by atoms with E-state index in [0.717, 1.165) is 25.7 Å². The molecule has 0 amide bonds. The molecule has 3 nitrogen and oxygen atoms in total. The van der Waals surface area contributed by atoms with E-state index in [1.807, 2.05) is 0 Å². The Kier molecular flexibility index (Phi) is 3.93. The molecule has 0 aromatic heterocycles. The molecule has 0 heterocycles. The number of hydrogen-bond acceptors (Lipinski definition) is 2. The molecule has 1 aliphatic carbocycles. The third-order valence-corrected chi connectivity index (χ3v) is 3.44. The van der Waals surface area contributed by atoms with Crippen molar-refractivity contribution < 1.29 is 9.90 Å². The van der Waals surface area contributed by atoms with Crippen LogP contribution in [0.1, 0.15) is 39.5 Å². The molecule has 0 bridgehead atoms. The molecule has 0 aliphatic heterocycles. The van der Waals surface area contributed by atoms with Crippen LogP contribution in [-0.4, -0.2) is 17.1 Å². The van der Waals surface area contributed by atoms with Gasteiger partial charge >= 0.3 is 5.97 Å². The van der Waals surface area contributed by atoms with E-state index in [4.69, 9.17) is 10.8 Å². The third kappa shape index (κ3) is 2.71. The Morgan fingerprint density at radius 2 is 1.79 bits per heavy atom. The van der Waals surface area contributed by atoms with Crippen LogP contribution in [0.25, 0.3) is 0 Å². The standard InChI is InChI=1S/C11H21NO2/c1-7(2)10(12)8-3-5-9(6-4-8)11(13)14/h7-10H,3-6,12H2,1-2H3,(H,13,14). The molecule has 14 heavy (non-hydrogen) atoms. The van der Waals surface area contributed by atoms with E-state index < -0.39 is 5.97 Å². The van der Waals surface area contributed by atoms with Crippen molar-refractivity contribution in [3.63, 3.8) is 0 Å². The second-order valence-corrected chi connectivity index (χ2v) is 4.77. The molecular weight excluding hydrogens is 178 g/mol. The Hall–Kier alpha value is -0.570. The van der Waals surface area contributed by atoms with Crippen LogP contribution in [0.15, 0.2) is 0 Å². The smallest absolute Gasteiger partial charge is 0.306 e. The fourth-order valence-electron chi connectivity index (χ4n) is 2.30. The molecule has 1 atom stereocenters. The molecule has 1 unspecified atom stereocenters. The lowest BCUT2D eigenvalue weighted by molar-refractivity contribution is -0.143. The maximum Gasteiger partial charge on any atom is 0.306 e. The summed E-state index contributed by atoms with van der Waals surface area (Å²) in [7, 11) is 0. The van der Waals surface area contributed by atoms with Gasteiger partial charge in [0.05, 0.1) is 5.92 Å². The Morgan fingerprint density at radius 3 is 2.14 bits per heavy atom. The van der Waals surface area contributed by atoms with Gasteiger partial charge in [-0.1, -0.05) is 13.8 Å². The second-order valence-electron chi connectivity index (χ2n) is 4.77. The van der Waals surface area contributed by atoms with Crippen molar-refractivity contribution in [3.05, 3.63) is 0 Å². The van der Waals surface area contributed by atoms with Crippen LogP contribution in [-0.2, 0) is 4.79 Å². The van der Waals surface area contributed by atoms with Crippen LogP contribution >= 0.6 is 0 Å². The molecule has 82 valence electrons. The van der Waals surface area contributed by atoms with Gasteiger partial charge in [0.2, 0.25) is 0 Å². The van der Waals surface area contributed by atoms with Crippen LogP contribution < -0.4 is 5.73 Å². The number of nitrogens with two attached hydrogens (primary N) is 1. The number of carbonyl (C=O) groups is 1. The lowest BCUT2D eigenvalue weighted by Gasteiger charge is -2.32. The molecule has 1 aliphatic rings. The van der Waals surface area contributed by atoms with Crippen molar-refractivity contribution in [1.82, 2.24) is 0 Å².